The van der Waals surface area contributed by atoms with Crippen LogP contribution < -0.4 is 0 Å². The van der Waals surface area contributed by atoms with Gasteiger partial charge in [-0.15, -0.1) is 0 Å². The largest absolute Gasteiger partial charge is 0.415 e. The lowest BCUT2D eigenvalue weighted by molar-refractivity contribution is -0.137. The standard InChI is InChI=1S/C73H49F3N4/c1-44-15-7-11-19-55(44)48-23-32-68-62(37-48)63-38-49(56-20-12-8-16-45(56)2)24-33-69(63)79(68)54-29-31-59(60-30-27-52(73(74,75)76)41-67(60)78-6)61(43-54)66-42-53(77-5)28-36-72(66)80-70-34-25-50(57-21-13-9-17-46(57)3)39-64(70)65-40-51(26-35-71(65)80)58-22-14-10-18-47(58)4/h7-43H,1-4H3. The van der Waals surface area contributed by atoms with Crippen molar-refractivity contribution in [3.05, 3.63) is 275 Å². The van der Waals surface area contributed by atoms with Crippen LogP contribution in [0.25, 0.3) is 131 Å². The van der Waals surface area contributed by atoms with Crippen molar-refractivity contribution in [2.45, 2.75) is 33.9 Å². The van der Waals surface area contributed by atoms with E-state index in [-0.39, 0.29) is 5.69 Å². The van der Waals surface area contributed by atoms with Crippen LogP contribution in [-0.4, -0.2) is 9.13 Å². The van der Waals surface area contributed by atoms with Crippen LogP contribution in [0.2, 0.25) is 0 Å². The number of aromatic nitrogens is 2. The minimum Gasteiger partial charge on any atom is -0.309 e. The molecule has 0 bridgehead atoms. The Morgan fingerprint density at radius 2 is 0.750 bits per heavy atom. The lowest BCUT2D eigenvalue weighted by atomic mass is 9.91. The Balaban J connectivity index is 1.11. The van der Waals surface area contributed by atoms with Crippen molar-refractivity contribution in [2.75, 3.05) is 0 Å². The molecular weight excluding hydrogens is 990 g/mol. The molecule has 0 N–H and O–H groups in total. The number of benzene rings is 11. The molecule has 2 aromatic heterocycles. The molecule has 11 aromatic carbocycles. The first kappa shape index (κ1) is 49.4. The predicted molar refractivity (Wildman–Crippen MR) is 324 cm³/mol. The third kappa shape index (κ3) is 8.31. The Hall–Kier alpha value is -10.2. The lowest BCUT2D eigenvalue weighted by Gasteiger charge is -2.20. The van der Waals surface area contributed by atoms with Crippen molar-refractivity contribution in [3.63, 3.8) is 0 Å². The SMILES string of the molecule is [C-]#[N+]c1ccc(-n2c3ccc(-c4ccccc4C)cc3c3cc(-c4ccccc4C)ccc32)c(-c2cc(-n3c4ccc(-c5ccccc5C)cc4c4cc(-c5ccccc5C)ccc43)ccc2-c2ccc(C(F)(F)F)cc2[N+]#[C-])c1. The number of hydrogen-bond donors (Lipinski definition) is 0. The quantitative estimate of drug-likeness (QED) is 0.135. The summed E-state index contributed by atoms with van der Waals surface area (Å²) in [5.74, 6) is 0. The number of halogens is 3. The smallest absolute Gasteiger partial charge is 0.309 e. The van der Waals surface area contributed by atoms with Gasteiger partial charge in [-0.05, 0) is 196 Å². The molecule has 0 spiro atoms. The average Bonchev–Trinajstić information content (AvgIpc) is 4.05. The zero-order valence-electron chi connectivity index (χ0n) is 44.3. The molecule has 0 aliphatic rings. The van der Waals surface area contributed by atoms with E-state index in [9.17, 15) is 13.2 Å². The lowest BCUT2D eigenvalue weighted by Crippen LogP contribution is -2.04. The molecule has 13 aromatic rings. The van der Waals surface area contributed by atoms with Gasteiger partial charge in [-0.25, -0.2) is 9.69 Å². The maximum absolute atomic E-state index is 14.4. The summed E-state index contributed by atoms with van der Waals surface area (Å²) >= 11 is 0. The summed E-state index contributed by atoms with van der Waals surface area (Å²) in [5, 5.41) is 4.17. The molecule has 0 amide bonds. The highest BCUT2D eigenvalue weighted by molar-refractivity contribution is 6.14. The minimum atomic E-state index is -4.66. The van der Waals surface area contributed by atoms with Crippen molar-refractivity contribution in [2.24, 2.45) is 0 Å². The van der Waals surface area contributed by atoms with Gasteiger partial charge in [-0.1, -0.05) is 146 Å². The summed E-state index contributed by atoms with van der Waals surface area (Å²) in [7, 11) is 0. The van der Waals surface area contributed by atoms with Crippen LogP contribution in [0, 0.1) is 40.8 Å². The van der Waals surface area contributed by atoms with Crippen LogP contribution in [0.5, 0.6) is 0 Å². The third-order valence-electron chi connectivity index (χ3n) is 16.0. The van der Waals surface area contributed by atoms with Gasteiger partial charge in [0, 0.05) is 32.8 Å². The molecule has 0 fully saturated rings. The van der Waals surface area contributed by atoms with Gasteiger partial charge in [0.2, 0.25) is 0 Å². The van der Waals surface area contributed by atoms with E-state index in [1.807, 2.05) is 42.5 Å². The first-order valence-corrected chi connectivity index (χ1v) is 26.5. The first-order chi connectivity index (χ1) is 38.9. The molecule has 0 saturated carbocycles. The monoisotopic (exact) mass is 1040 g/mol. The van der Waals surface area contributed by atoms with Gasteiger partial charge in [-0.3, -0.25) is 0 Å². The number of rotatable bonds is 8. The van der Waals surface area contributed by atoms with Crippen LogP contribution >= 0.6 is 0 Å². The summed E-state index contributed by atoms with van der Waals surface area (Å²) < 4.78 is 47.8. The van der Waals surface area contributed by atoms with Crippen molar-refractivity contribution < 1.29 is 13.2 Å². The van der Waals surface area contributed by atoms with E-state index >= 15 is 0 Å². The van der Waals surface area contributed by atoms with E-state index in [4.69, 9.17) is 13.1 Å². The highest BCUT2D eigenvalue weighted by atomic mass is 19.4. The maximum Gasteiger partial charge on any atom is 0.415 e. The van der Waals surface area contributed by atoms with E-state index in [2.05, 4.69) is 210 Å². The maximum atomic E-state index is 14.4. The number of hydrogen-bond acceptors (Lipinski definition) is 0. The van der Waals surface area contributed by atoms with Crippen molar-refractivity contribution in [1.29, 1.82) is 0 Å². The second-order valence-corrected chi connectivity index (χ2v) is 20.7. The summed E-state index contributed by atoms with van der Waals surface area (Å²) in [6.07, 6.45) is -4.66. The van der Waals surface area contributed by atoms with Crippen LogP contribution in [0.1, 0.15) is 27.8 Å². The van der Waals surface area contributed by atoms with Gasteiger partial charge in [0.1, 0.15) is 0 Å². The van der Waals surface area contributed by atoms with Crippen LogP contribution in [0.15, 0.2) is 224 Å². The fraction of sp³-hybridized carbons (Fsp3) is 0.0685. The Kier molecular flexibility index (Phi) is 11.9. The molecule has 0 radical (unpaired) electrons. The summed E-state index contributed by atoms with van der Waals surface area (Å²) in [5.41, 5.74) is 20.4. The van der Waals surface area contributed by atoms with Crippen LogP contribution in [0.3, 0.4) is 0 Å². The average molecular weight is 1040 g/mol. The number of fused-ring (bicyclic) bond motifs is 6. The summed E-state index contributed by atoms with van der Waals surface area (Å²) in [4.78, 5) is 7.73. The van der Waals surface area contributed by atoms with Crippen molar-refractivity contribution in [3.8, 4) is 78.1 Å². The van der Waals surface area contributed by atoms with Crippen molar-refractivity contribution in [1.82, 2.24) is 9.13 Å². The molecule has 0 saturated heterocycles. The fourth-order valence-corrected chi connectivity index (χ4v) is 12.0. The summed E-state index contributed by atoms with van der Waals surface area (Å²) in [6.45, 7) is 25.2. The number of alkyl halides is 3. The van der Waals surface area contributed by atoms with Gasteiger partial charge >= 0.3 is 6.18 Å². The Labute approximate surface area is 462 Å². The third-order valence-corrected chi connectivity index (χ3v) is 16.0. The zero-order valence-corrected chi connectivity index (χ0v) is 44.3. The minimum absolute atomic E-state index is 0.134. The van der Waals surface area contributed by atoms with Gasteiger partial charge < -0.3 is 9.13 Å². The molecule has 0 aliphatic heterocycles. The van der Waals surface area contributed by atoms with E-state index in [0.717, 1.165) is 134 Å². The summed E-state index contributed by atoms with van der Waals surface area (Å²) in [6, 6.07) is 75.0. The Bertz CT molecular complexity index is 4580. The van der Waals surface area contributed by atoms with Gasteiger partial charge in [-0.2, -0.15) is 13.2 Å². The highest BCUT2D eigenvalue weighted by Crippen LogP contribution is 2.48. The van der Waals surface area contributed by atoms with E-state index in [0.29, 0.717) is 27.9 Å². The molecule has 80 heavy (non-hydrogen) atoms. The topological polar surface area (TPSA) is 18.6 Å². The fourth-order valence-electron chi connectivity index (χ4n) is 12.0. The molecule has 4 nitrogen and oxygen atoms in total. The predicted octanol–water partition coefficient (Wildman–Crippen LogP) is 21.2. The molecule has 13 rings (SSSR count). The molecule has 0 unspecified atom stereocenters. The zero-order chi connectivity index (χ0) is 55.0. The Morgan fingerprint density at radius 1 is 0.338 bits per heavy atom. The second kappa shape index (κ2) is 19.4. The highest BCUT2D eigenvalue weighted by Gasteiger charge is 2.32. The molecule has 0 aliphatic carbocycles. The number of aryl methyl sites for hydroxylation is 4. The normalized spacial score (nSPS) is 11.7. The number of nitrogens with zero attached hydrogens (tertiary/aromatic N) is 4. The molecule has 2 heterocycles. The van der Waals surface area contributed by atoms with Gasteiger partial charge in [0.25, 0.3) is 0 Å². The van der Waals surface area contributed by atoms with Gasteiger partial charge in [0.05, 0.1) is 40.9 Å². The van der Waals surface area contributed by atoms with Crippen molar-refractivity contribution >= 4 is 55.0 Å². The molecule has 7 heteroatoms. The van der Waals surface area contributed by atoms with E-state index < -0.39 is 11.7 Å². The molecule has 382 valence electrons. The van der Waals surface area contributed by atoms with Crippen LogP contribution in [0.4, 0.5) is 24.5 Å². The Morgan fingerprint density at radius 3 is 1.15 bits per heavy atom. The molecule has 0 atom stereocenters. The van der Waals surface area contributed by atoms with E-state index in [1.165, 1.54) is 6.07 Å². The second-order valence-electron chi connectivity index (χ2n) is 20.7. The van der Waals surface area contributed by atoms with Gasteiger partial charge in [0.15, 0.2) is 11.4 Å². The molecular formula is C73H49F3N4. The van der Waals surface area contributed by atoms with E-state index in [1.54, 1.807) is 0 Å². The van der Waals surface area contributed by atoms with Crippen LogP contribution in [-0.2, 0) is 6.18 Å². The first-order valence-electron chi connectivity index (χ1n) is 26.5.